The van der Waals surface area contributed by atoms with E-state index in [0.717, 1.165) is 17.5 Å². The Hall–Kier alpha value is -2.28. The molecule has 1 atom stereocenters. The molecule has 0 radical (unpaired) electrons. The van der Waals surface area contributed by atoms with Crippen LogP contribution >= 0.6 is 0 Å². The van der Waals surface area contributed by atoms with Crippen molar-refractivity contribution in [3.63, 3.8) is 0 Å². The van der Waals surface area contributed by atoms with Gasteiger partial charge in [-0.3, -0.25) is 14.8 Å². The zero-order valence-electron chi connectivity index (χ0n) is 13.1. The van der Waals surface area contributed by atoms with Crippen LogP contribution in [0.1, 0.15) is 18.2 Å². The van der Waals surface area contributed by atoms with E-state index in [2.05, 4.69) is 15.3 Å². The Kier molecular flexibility index (Phi) is 5.44. The Labute approximate surface area is 135 Å². The summed E-state index contributed by atoms with van der Waals surface area (Å²) in [6, 6.07) is 6.28. The molecule has 23 heavy (non-hydrogen) atoms. The fourth-order valence-electron chi connectivity index (χ4n) is 2.17. The molecule has 2 rings (SSSR count). The molecule has 0 bridgehead atoms. The predicted molar refractivity (Wildman–Crippen MR) is 86.6 cm³/mol. The molecule has 0 saturated heterocycles. The molecular weight excluding hydrogens is 314 g/mol. The van der Waals surface area contributed by atoms with Crippen LogP contribution < -0.4 is 5.32 Å². The molecule has 1 N–H and O–H groups in total. The molecule has 0 aliphatic carbocycles. The summed E-state index contributed by atoms with van der Waals surface area (Å²) in [5.74, 6) is -0.117. The molecule has 122 valence electrons. The molecule has 6 nitrogen and oxygen atoms in total. The van der Waals surface area contributed by atoms with Gasteiger partial charge < -0.3 is 5.32 Å². The highest BCUT2D eigenvalue weighted by atomic mass is 32.2. The lowest BCUT2D eigenvalue weighted by molar-refractivity contribution is -0.121. The van der Waals surface area contributed by atoms with Crippen LogP contribution in [0.3, 0.4) is 0 Å². The summed E-state index contributed by atoms with van der Waals surface area (Å²) in [4.78, 5) is 20.4. The lowest BCUT2D eigenvalue weighted by Crippen LogP contribution is -2.35. The minimum Gasteiger partial charge on any atom is -0.353 e. The van der Waals surface area contributed by atoms with Crippen molar-refractivity contribution in [2.75, 3.05) is 6.26 Å². The van der Waals surface area contributed by atoms with Crippen LogP contribution in [0.25, 0.3) is 0 Å². The van der Waals surface area contributed by atoms with Gasteiger partial charge in [-0.15, -0.1) is 0 Å². The molecule has 0 aliphatic heterocycles. The molecule has 7 heteroatoms. The zero-order valence-corrected chi connectivity index (χ0v) is 13.9. The summed E-state index contributed by atoms with van der Waals surface area (Å²) >= 11 is 0. The smallest absolute Gasteiger partial charge is 0.224 e. The Morgan fingerprint density at radius 2 is 1.91 bits per heavy atom. The number of hydrogen-bond acceptors (Lipinski definition) is 5. The van der Waals surface area contributed by atoms with Crippen LogP contribution in [0.5, 0.6) is 0 Å². The van der Waals surface area contributed by atoms with E-state index >= 15 is 0 Å². The van der Waals surface area contributed by atoms with Gasteiger partial charge in [0.25, 0.3) is 0 Å². The Morgan fingerprint density at radius 3 is 2.48 bits per heavy atom. The van der Waals surface area contributed by atoms with Gasteiger partial charge in [-0.25, -0.2) is 8.42 Å². The molecule has 1 heterocycles. The number of aromatic nitrogens is 2. The van der Waals surface area contributed by atoms with Gasteiger partial charge in [0.15, 0.2) is 9.84 Å². The molecule has 0 aliphatic rings. The fourth-order valence-corrected chi connectivity index (χ4v) is 2.80. The molecule has 1 amide bonds. The highest BCUT2D eigenvalue weighted by molar-refractivity contribution is 7.90. The quantitative estimate of drug-likeness (QED) is 0.857. The summed E-state index contributed by atoms with van der Waals surface area (Å²) in [6.07, 6.45) is 6.86. The number of amides is 1. The Balaban J connectivity index is 1.89. The topological polar surface area (TPSA) is 89.0 Å². The van der Waals surface area contributed by atoms with E-state index < -0.39 is 9.84 Å². The monoisotopic (exact) mass is 333 g/mol. The number of carbonyl (C=O) groups excluding carboxylic acids is 1. The second kappa shape index (κ2) is 7.32. The maximum atomic E-state index is 12.0. The SMILES string of the molecule is CC(Cc1cnccn1)NC(=O)Cc1ccc(S(C)(=O)=O)cc1. The number of benzene rings is 1. The van der Waals surface area contributed by atoms with E-state index in [-0.39, 0.29) is 23.3 Å². The Bertz CT molecular complexity index is 759. The first-order chi connectivity index (χ1) is 10.8. The van der Waals surface area contributed by atoms with E-state index in [0.29, 0.717) is 6.42 Å². The summed E-state index contributed by atoms with van der Waals surface area (Å²) in [6.45, 7) is 1.90. The highest BCUT2D eigenvalue weighted by Gasteiger charge is 2.11. The van der Waals surface area contributed by atoms with E-state index in [1.54, 1.807) is 30.7 Å². The maximum absolute atomic E-state index is 12.0. The van der Waals surface area contributed by atoms with Gasteiger partial charge in [0.05, 0.1) is 17.0 Å². The minimum absolute atomic E-state index is 0.0607. The molecule has 0 fully saturated rings. The molecule has 1 unspecified atom stereocenters. The van der Waals surface area contributed by atoms with E-state index in [1.807, 2.05) is 6.92 Å². The van der Waals surface area contributed by atoms with Crippen molar-refractivity contribution in [2.24, 2.45) is 0 Å². The van der Waals surface area contributed by atoms with E-state index in [4.69, 9.17) is 0 Å². The summed E-state index contributed by atoms with van der Waals surface area (Å²) in [5, 5.41) is 2.90. The largest absolute Gasteiger partial charge is 0.353 e. The van der Waals surface area contributed by atoms with Crippen LogP contribution in [0.2, 0.25) is 0 Å². The van der Waals surface area contributed by atoms with Gasteiger partial charge in [0.1, 0.15) is 0 Å². The first kappa shape index (κ1) is 17.1. The fraction of sp³-hybridized carbons (Fsp3) is 0.312. The van der Waals surface area contributed by atoms with Crippen molar-refractivity contribution in [3.05, 3.63) is 54.1 Å². The minimum atomic E-state index is -3.22. The number of nitrogens with zero attached hydrogens (tertiary/aromatic N) is 2. The van der Waals surface area contributed by atoms with Crippen molar-refractivity contribution in [3.8, 4) is 0 Å². The third-order valence-electron chi connectivity index (χ3n) is 3.26. The number of nitrogens with one attached hydrogen (secondary N) is 1. The summed E-state index contributed by atoms with van der Waals surface area (Å²) in [5.41, 5.74) is 1.58. The Morgan fingerprint density at radius 1 is 1.22 bits per heavy atom. The van der Waals surface area contributed by atoms with Crippen molar-refractivity contribution in [2.45, 2.75) is 30.7 Å². The van der Waals surface area contributed by atoms with E-state index in [9.17, 15) is 13.2 Å². The van der Waals surface area contributed by atoms with Crippen LogP contribution in [0.4, 0.5) is 0 Å². The first-order valence-corrected chi connectivity index (χ1v) is 9.07. The van der Waals surface area contributed by atoms with Gasteiger partial charge in [0, 0.05) is 37.3 Å². The molecule has 0 spiro atoms. The maximum Gasteiger partial charge on any atom is 0.224 e. The average molecular weight is 333 g/mol. The van der Waals surface area contributed by atoms with Crippen molar-refractivity contribution >= 4 is 15.7 Å². The van der Waals surface area contributed by atoms with Gasteiger partial charge in [-0.05, 0) is 24.6 Å². The standard InChI is InChI=1S/C16H19N3O3S/c1-12(9-14-11-17-7-8-18-14)19-16(20)10-13-3-5-15(6-4-13)23(2,21)22/h3-8,11-12H,9-10H2,1-2H3,(H,19,20). The number of hydrogen-bond donors (Lipinski definition) is 1. The van der Waals surface area contributed by atoms with Crippen LogP contribution in [0, 0.1) is 0 Å². The molecule has 0 saturated carbocycles. The molecule has 2 aromatic rings. The predicted octanol–water partition coefficient (Wildman–Crippen LogP) is 1.17. The van der Waals surface area contributed by atoms with E-state index in [1.165, 1.54) is 12.1 Å². The van der Waals surface area contributed by atoms with Crippen molar-refractivity contribution < 1.29 is 13.2 Å². The molecule has 1 aromatic heterocycles. The number of rotatable bonds is 6. The number of sulfone groups is 1. The lowest BCUT2D eigenvalue weighted by Gasteiger charge is -2.13. The summed E-state index contributed by atoms with van der Waals surface area (Å²) in [7, 11) is -3.22. The zero-order chi connectivity index (χ0) is 16.9. The second-order valence-corrected chi connectivity index (χ2v) is 7.48. The van der Waals surface area contributed by atoms with Crippen LogP contribution in [-0.2, 0) is 27.5 Å². The third-order valence-corrected chi connectivity index (χ3v) is 4.38. The third kappa shape index (κ3) is 5.45. The van der Waals surface area contributed by atoms with Crippen LogP contribution in [-0.4, -0.2) is 36.6 Å². The lowest BCUT2D eigenvalue weighted by atomic mass is 10.1. The molecule has 1 aromatic carbocycles. The normalized spacial score (nSPS) is 12.6. The van der Waals surface area contributed by atoms with Crippen molar-refractivity contribution in [1.29, 1.82) is 0 Å². The average Bonchev–Trinajstić information content (AvgIpc) is 2.47. The number of carbonyl (C=O) groups is 1. The van der Waals surface area contributed by atoms with Gasteiger partial charge in [-0.2, -0.15) is 0 Å². The van der Waals surface area contributed by atoms with Gasteiger partial charge in [0.2, 0.25) is 5.91 Å². The van der Waals surface area contributed by atoms with Crippen LogP contribution in [0.15, 0.2) is 47.8 Å². The summed E-state index contributed by atoms with van der Waals surface area (Å²) < 4.78 is 22.8. The second-order valence-electron chi connectivity index (χ2n) is 5.46. The van der Waals surface area contributed by atoms with Crippen molar-refractivity contribution in [1.82, 2.24) is 15.3 Å². The van der Waals surface area contributed by atoms with Gasteiger partial charge >= 0.3 is 0 Å². The highest BCUT2D eigenvalue weighted by Crippen LogP contribution is 2.11. The first-order valence-electron chi connectivity index (χ1n) is 7.18. The van der Waals surface area contributed by atoms with Gasteiger partial charge in [-0.1, -0.05) is 12.1 Å². The molecular formula is C16H19N3O3S.